The van der Waals surface area contributed by atoms with E-state index in [1.54, 1.807) is 16.3 Å². The average molecular weight is 399 g/mol. The van der Waals surface area contributed by atoms with Crippen molar-refractivity contribution in [3.63, 3.8) is 0 Å². The molecular weight excluding hydrogens is 376 g/mol. The molecule has 0 bridgehead atoms. The smallest absolute Gasteiger partial charge is 0.271 e. The lowest BCUT2D eigenvalue weighted by atomic mass is 10.1. The van der Waals surface area contributed by atoms with Crippen LogP contribution in [0.25, 0.3) is 16.0 Å². The van der Waals surface area contributed by atoms with Gasteiger partial charge >= 0.3 is 0 Å². The van der Waals surface area contributed by atoms with Crippen molar-refractivity contribution in [1.82, 2.24) is 19.2 Å². The molecule has 0 aliphatic rings. The largest absolute Gasteiger partial charge is 0.273 e. The molecule has 7 heteroatoms. The number of benzene rings is 1. The summed E-state index contributed by atoms with van der Waals surface area (Å²) in [5.74, 6) is 1.62. The van der Waals surface area contributed by atoms with E-state index < -0.39 is 0 Å². The van der Waals surface area contributed by atoms with Gasteiger partial charge in [-0.3, -0.25) is 13.8 Å². The van der Waals surface area contributed by atoms with E-state index in [-0.39, 0.29) is 5.56 Å². The standard InChI is InChI=1S/C20H22N4OS2/c1-3-5-11-27-20-22-21-19-23(13-15-8-6-14(4-2)7-9-15)18(25)17-16(24(19)20)10-12-26-17/h6-10,12H,3-5,11,13H2,1-2H3. The van der Waals surface area contributed by atoms with E-state index in [9.17, 15) is 4.79 Å². The molecule has 0 fully saturated rings. The summed E-state index contributed by atoms with van der Waals surface area (Å²) in [6, 6.07) is 10.4. The molecule has 0 atom stereocenters. The van der Waals surface area contributed by atoms with E-state index in [0.717, 1.165) is 46.0 Å². The van der Waals surface area contributed by atoms with E-state index in [4.69, 9.17) is 0 Å². The average Bonchev–Trinajstić information content (AvgIpc) is 3.33. The van der Waals surface area contributed by atoms with E-state index in [2.05, 4.69) is 48.3 Å². The minimum absolute atomic E-state index is 0.00424. The van der Waals surface area contributed by atoms with Gasteiger partial charge in [0.05, 0.1) is 12.1 Å². The summed E-state index contributed by atoms with van der Waals surface area (Å²) in [4.78, 5) is 13.1. The molecule has 4 rings (SSSR count). The fraction of sp³-hybridized carbons (Fsp3) is 0.350. The van der Waals surface area contributed by atoms with Crippen LogP contribution in [-0.2, 0) is 13.0 Å². The van der Waals surface area contributed by atoms with Crippen LogP contribution in [0.3, 0.4) is 0 Å². The maximum Gasteiger partial charge on any atom is 0.273 e. The molecule has 27 heavy (non-hydrogen) atoms. The molecule has 3 aromatic heterocycles. The predicted molar refractivity (Wildman–Crippen MR) is 113 cm³/mol. The van der Waals surface area contributed by atoms with Gasteiger partial charge in [-0.2, -0.15) is 0 Å². The van der Waals surface area contributed by atoms with E-state index >= 15 is 0 Å². The molecule has 3 heterocycles. The summed E-state index contributed by atoms with van der Waals surface area (Å²) in [6.45, 7) is 4.82. The van der Waals surface area contributed by atoms with Gasteiger partial charge < -0.3 is 0 Å². The summed E-state index contributed by atoms with van der Waals surface area (Å²) >= 11 is 3.18. The zero-order chi connectivity index (χ0) is 18.8. The van der Waals surface area contributed by atoms with Crippen LogP contribution >= 0.6 is 23.1 Å². The van der Waals surface area contributed by atoms with E-state index in [0.29, 0.717) is 12.3 Å². The first-order valence-corrected chi connectivity index (χ1v) is 11.1. The van der Waals surface area contributed by atoms with Gasteiger partial charge in [-0.05, 0) is 35.4 Å². The Morgan fingerprint density at radius 1 is 1.07 bits per heavy atom. The quantitative estimate of drug-likeness (QED) is 0.337. The molecule has 0 N–H and O–H groups in total. The van der Waals surface area contributed by atoms with Gasteiger partial charge in [0.25, 0.3) is 5.56 Å². The van der Waals surface area contributed by atoms with Crippen molar-refractivity contribution in [1.29, 1.82) is 0 Å². The highest BCUT2D eigenvalue weighted by atomic mass is 32.2. The highest BCUT2D eigenvalue weighted by Gasteiger charge is 2.17. The molecule has 4 aromatic rings. The molecule has 1 aromatic carbocycles. The molecule has 0 spiro atoms. The fourth-order valence-corrected chi connectivity index (χ4v) is 4.95. The van der Waals surface area contributed by atoms with Crippen molar-refractivity contribution < 1.29 is 0 Å². The van der Waals surface area contributed by atoms with Crippen molar-refractivity contribution in [2.45, 2.75) is 44.8 Å². The number of hydrogen-bond donors (Lipinski definition) is 0. The van der Waals surface area contributed by atoms with Crippen molar-refractivity contribution >= 4 is 39.1 Å². The highest BCUT2D eigenvalue weighted by molar-refractivity contribution is 7.99. The van der Waals surface area contributed by atoms with Crippen LogP contribution in [0.5, 0.6) is 0 Å². The first-order valence-electron chi connectivity index (χ1n) is 9.28. The minimum atomic E-state index is 0.00424. The molecule has 0 saturated carbocycles. The first kappa shape index (κ1) is 18.3. The summed E-state index contributed by atoms with van der Waals surface area (Å²) in [5, 5.41) is 11.6. The first-order chi connectivity index (χ1) is 13.2. The SMILES string of the molecule is CCCCSc1nnc2n(Cc3ccc(CC)cc3)c(=O)c3sccc3n12. The third kappa shape index (κ3) is 3.41. The van der Waals surface area contributed by atoms with Gasteiger partial charge in [0.15, 0.2) is 5.16 Å². The normalized spacial score (nSPS) is 11.6. The number of hydrogen-bond acceptors (Lipinski definition) is 5. The second-order valence-electron chi connectivity index (χ2n) is 6.52. The third-order valence-electron chi connectivity index (χ3n) is 4.68. The van der Waals surface area contributed by atoms with Crippen LogP contribution in [0.2, 0.25) is 0 Å². The molecule has 5 nitrogen and oxygen atoms in total. The molecule has 0 aliphatic heterocycles. The van der Waals surface area contributed by atoms with Crippen LogP contribution in [0.1, 0.15) is 37.8 Å². The number of aromatic nitrogens is 4. The monoisotopic (exact) mass is 398 g/mol. The van der Waals surface area contributed by atoms with Crippen LogP contribution in [0.15, 0.2) is 45.7 Å². The third-order valence-corrected chi connectivity index (χ3v) is 6.59. The van der Waals surface area contributed by atoms with E-state index in [1.165, 1.54) is 16.9 Å². The molecular formula is C20H22N4OS2. The number of rotatable bonds is 7. The number of fused-ring (bicyclic) bond motifs is 3. The second-order valence-corrected chi connectivity index (χ2v) is 8.49. The Morgan fingerprint density at radius 2 is 1.85 bits per heavy atom. The van der Waals surface area contributed by atoms with Crippen molar-refractivity contribution in [2.24, 2.45) is 0 Å². The maximum absolute atomic E-state index is 13.1. The number of thioether (sulfide) groups is 1. The highest BCUT2D eigenvalue weighted by Crippen LogP contribution is 2.25. The van der Waals surface area contributed by atoms with Gasteiger partial charge in [-0.25, -0.2) is 0 Å². The number of nitrogens with zero attached hydrogens (tertiary/aromatic N) is 4. The maximum atomic E-state index is 13.1. The van der Waals surface area contributed by atoms with Crippen LogP contribution < -0.4 is 5.56 Å². The van der Waals surface area contributed by atoms with E-state index in [1.807, 2.05) is 15.8 Å². The van der Waals surface area contributed by atoms with Crippen LogP contribution in [0.4, 0.5) is 0 Å². The van der Waals surface area contributed by atoms with Gasteiger partial charge in [0, 0.05) is 5.75 Å². The van der Waals surface area contributed by atoms with Gasteiger partial charge in [0.2, 0.25) is 5.78 Å². The lowest BCUT2D eigenvalue weighted by Gasteiger charge is -2.10. The minimum Gasteiger partial charge on any atom is -0.271 e. The fourth-order valence-electron chi connectivity index (χ4n) is 3.11. The molecule has 0 radical (unpaired) electrons. The lowest BCUT2D eigenvalue weighted by molar-refractivity contribution is 0.765. The molecule has 0 amide bonds. The Balaban J connectivity index is 1.83. The van der Waals surface area contributed by atoms with Crippen molar-refractivity contribution in [3.05, 3.63) is 57.2 Å². The number of aryl methyl sites for hydroxylation is 1. The lowest BCUT2D eigenvalue weighted by Crippen LogP contribution is -2.23. The summed E-state index contributed by atoms with van der Waals surface area (Å²) < 4.78 is 4.54. The summed E-state index contributed by atoms with van der Waals surface area (Å²) in [7, 11) is 0. The van der Waals surface area contributed by atoms with Gasteiger partial charge in [0.1, 0.15) is 4.70 Å². The Kier molecular flexibility index (Phi) is 5.31. The number of thiophene rings is 1. The second kappa shape index (κ2) is 7.86. The van der Waals surface area contributed by atoms with Crippen molar-refractivity contribution in [2.75, 3.05) is 5.75 Å². The van der Waals surface area contributed by atoms with Gasteiger partial charge in [-0.1, -0.05) is 56.3 Å². The topological polar surface area (TPSA) is 52.2 Å². The Labute approximate surface area is 166 Å². The summed E-state index contributed by atoms with van der Waals surface area (Å²) in [5.41, 5.74) is 3.29. The summed E-state index contributed by atoms with van der Waals surface area (Å²) in [6.07, 6.45) is 3.29. The predicted octanol–water partition coefficient (Wildman–Crippen LogP) is 4.61. The Hall–Kier alpha value is -2.12. The Bertz CT molecular complexity index is 1120. The Morgan fingerprint density at radius 3 is 2.59 bits per heavy atom. The zero-order valence-corrected chi connectivity index (χ0v) is 17.1. The molecule has 0 unspecified atom stereocenters. The molecule has 140 valence electrons. The van der Waals surface area contributed by atoms with Crippen molar-refractivity contribution in [3.8, 4) is 0 Å². The van der Waals surface area contributed by atoms with Crippen LogP contribution in [0, 0.1) is 0 Å². The zero-order valence-electron chi connectivity index (χ0n) is 15.5. The van der Waals surface area contributed by atoms with Gasteiger partial charge in [-0.15, -0.1) is 21.5 Å². The molecule has 0 aliphatic carbocycles. The number of unbranched alkanes of at least 4 members (excludes halogenated alkanes) is 1. The van der Waals surface area contributed by atoms with Crippen LogP contribution in [-0.4, -0.2) is 24.9 Å². The molecule has 0 saturated heterocycles.